The number of nitrogens with zero attached hydrogens (tertiary/aromatic N) is 2. The summed E-state index contributed by atoms with van der Waals surface area (Å²) < 4.78 is 6.16. The molecule has 3 aromatic rings. The van der Waals surface area contributed by atoms with E-state index in [4.69, 9.17) is 9.57 Å². The van der Waals surface area contributed by atoms with E-state index >= 15 is 0 Å². The number of hydrogen-bond donors (Lipinski definition) is 0. The molecule has 156 valence electrons. The highest BCUT2D eigenvalue weighted by molar-refractivity contribution is 9.10. The zero-order valence-electron chi connectivity index (χ0n) is 16.6. The van der Waals surface area contributed by atoms with Gasteiger partial charge in [0.15, 0.2) is 6.10 Å². The molecule has 2 aliphatic rings. The second kappa shape index (κ2) is 7.83. The van der Waals surface area contributed by atoms with Crippen LogP contribution >= 0.6 is 15.9 Å². The van der Waals surface area contributed by atoms with Crippen LogP contribution in [0.2, 0.25) is 0 Å². The Morgan fingerprint density at radius 1 is 0.871 bits per heavy atom. The Hall–Kier alpha value is -3.16. The van der Waals surface area contributed by atoms with Crippen LogP contribution in [0.1, 0.15) is 11.6 Å². The average Bonchev–Trinajstić information content (AvgIpc) is 3.30. The van der Waals surface area contributed by atoms with E-state index in [1.54, 1.807) is 36.4 Å². The predicted octanol–water partition coefficient (Wildman–Crippen LogP) is 4.51. The van der Waals surface area contributed by atoms with E-state index in [2.05, 4.69) is 15.9 Å². The van der Waals surface area contributed by atoms with Crippen molar-refractivity contribution >= 4 is 39.1 Å². The summed E-state index contributed by atoms with van der Waals surface area (Å²) in [7, 11) is 1.55. The van der Waals surface area contributed by atoms with Crippen molar-refractivity contribution in [1.29, 1.82) is 0 Å². The van der Waals surface area contributed by atoms with Gasteiger partial charge in [-0.1, -0.05) is 52.3 Å². The third-order valence-electron chi connectivity index (χ3n) is 5.63. The lowest BCUT2D eigenvalue weighted by molar-refractivity contribution is -0.126. The third-order valence-corrected chi connectivity index (χ3v) is 6.12. The number of methoxy groups -OCH3 is 1. The Balaban J connectivity index is 1.58. The van der Waals surface area contributed by atoms with Crippen molar-refractivity contribution in [2.45, 2.75) is 12.1 Å². The van der Waals surface area contributed by atoms with Crippen LogP contribution in [-0.4, -0.2) is 25.0 Å². The molecule has 2 saturated heterocycles. The summed E-state index contributed by atoms with van der Waals surface area (Å²) in [6.07, 6.45) is -0.900. The number of rotatable bonds is 4. The van der Waals surface area contributed by atoms with Gasteiger partial charge in [-0.05, 0) is 42.0 Å². The lowest BCUT2D eigenvalue weighted by Gasteiger charge is -2.29. The fraction of sp³-hybridized carbons (Fsp3) is 0.167. The third kappa shape index (κ3) is 3.30. The topological polar surface area (TPSA) is 59.1 Å². The molecule has 31 heavy (non-hydrogen) atoms. The normalized spacial score (nSPS) is 22.7. The Labute approximate surface area is 188 Å². The number of carbonyl (C=O) groups is 2. The van der Waals surface area contributed by atoms with Gasteiger partial charge in [-0.25, -0.2) is 9.96 Å². The van der Waals surface area contributed by atoms with Gasteiger partial charge in [-0.15, -0.1) is 0 Å². The number of hydroxylamine groups is 1. The number of halogens is 1. The average molecular weight is 479 g/mol. The first-order valence-electron chi connectivity index (χ1n) is 9.87. The van der Waals surface area contributed by atoms with Crippen molar-refractivity contribution in [3.05, 3.63) is 88.9 Å². The van der Waals surface area contributed by atoms with Crippen molar-refractivity contribution < 1.29 is 19.2 Å². The summed E-state index contributed by atoms with van der Waals surface area (Å²) in [5.41, 5.74) is 2.15. The Morgan fingerprint density at radius 3 is 2.35 bits per heavy atom. The predicted molar refractivity (Wildman–Crippen MR) is 120 cm³/mol. The summed E-state index contributed by atoms with van der Waals surface area (Å²) in [5, 5.41) is 1.69. The highest BCUT2D eigenvalue weighted by Gasteiger charge is 2.60. The molecule has 0 N–H and O–H groups in total. The van der Waals surface area contributed by atoms with E-state index in [9.17, 15) is 9.59 Å². The second-order valence-corrected chi connectivity index (χ2v) is 8.34. The smallest absolute Gasteiger partial charge is 0.266 e. The van der Waals surface area contributed by atoms with Gasteiger partial charge < -0.3 is 4.74 Å². The van der Waals surface area contributed by atoms with Crippen LogP contribution in [0.15, 0.2) is 83.3 Å². The maximum absolute atomic E-state index is 13.6. The maximum atomic E-state index is 13.6. The number of imide groups is 1. The Kier molecular flexibility index (Phi) is 5.00. The van der Waals surface area contributed by atoms with Crippen molar-refractivity contribution in [2.24, 2.45) is 5.92 Å². The molecule has 0 aliphatic carbocycles. The molecular formula is C24H19BrN2O4. The zero-order valence-corrected chi connectivity index (χ0v) is 18.2. The van der Waals surface area contributed by atoms with Crippen molar-refractivity contribution in [2.75, 3.05) is 17.1 Å². The van der Waals surface area contributed by atoms with Crippen LogP contribution < -0.4 is 14.7 Å². The van der Waals surface area contributed by atoms with Crippen LogP contribution in [0.5, 0.6) is 5.75 Å². The van der Waals surface area contributed by atoms with Crippen molar-refractivity contribution in [3.63, 3.8) is 0 Å². The summed E-state index contributed by atoms with van der Waals surface area (Å²) >= 11 is 3.51. The van der Waals surface area contributed by atoms with E-state index < -0.39 is 18.1 Å². The quantitative estimate of drug-likeness (QED) is 0.516. The lowest BCUT2D eigenvalue weighted by atomic mass is 9.90. The molecule has 0 saturated carbocycles. The number of carbonyl (C=O) groups excluding carboxylic acids is 2. The molecule has 3 atom stereocenters. The molecule has 7 heteroatoms. The van der Waals surface area contributed by atoms with E-state index in [-0.39, 0.29) is 11.8 Å². The first-order valence-corrected chi connectivity index (χ1v) is 10.7. The molecule has 3 aromatic carbocycles. The highest BCUT2D eigenvalue weighted by Crippen LogP contribution is 2.48. The summed E-state index contributed by atoms with van der Waals surface area (Å²) in [5.74, 6) is -0.757. The lowest BCUT2D eigenvalue weighted by Crippen LogP contribution is -2.37. The van der Waals surface area contributed by atoms with Crippen LogP contribution in [0, 0.1) is 5.92 Å². The van der Waals surface area contributed by atoms with E-state index in [1.165, 1.54) is 4.90 Å². The number of para-hydroxylation sites is 1. The molecule has 3 unspecified atom stereocenters. The SMILES string of the molecule is COc1cccc(N2C(=O)C3ON(c4ccccc4)C(c4cccc(Br)c4)C3C2=O)c1. The van der Waals surface area contributed by atoms with Gasteiger partial charge >= 0.3 is 0 Å². The van der Waals surface area contributed by atoms with Crippen molar-refractivity contribution in [1.82, 2.24) is 0 Å². The van der Waals surface area contributed by atoms with E-state index in [1.807, 2.05) is 54.6 Å². The minimum Gasteiger partial charge on any atom is -0.497 e. The molecular weight excluding hydrogens is 460 g/mol. The zero-order chi connectivity index (χ0) is 21.5. The van der Waals surface area contributed by atoms with Gasteiger partial charge in [0.1, 0.15) is 11.7 Å². The van der Waals surface area contributed by atoms with E-state index in [0.717, 1.165) is 15.7 Å². The van der Waals surface area contributed by atoms with Crippen LogP contribution in [0.25, 0.3) is 0 Å². The van der Waals surface area contributed by atoms with Gasteiger partial charge in [0.25, 0.3) is 5.91 Å². The van der Waals surface area contributed by atoms with Crippen LogP contribution in [0.3, 0.4) is 0 Å². The van der Waals surface area contributed by atoms with Gasteiger partial charge in [0, 0.05) is 10.5 Å². The number of ether oxygens (including phenoxy) is 1. The van der Waals surface area contributed by atoms with Crippen LogP contribution in [-0.2, 0) is 14.4 Å². The highest BCUT2D eigenvalue weighted by atomic mass is 79.9. The summed E-state index contributed by atoms with van der Waals surface area (Å²) in [6.45, 7) is 0. The van der Waals surface area contributed by atoms with Crippen LogP contribution in [0.4, 0.5) is 11.4 Å². The molecule has 2 amide bonds. The first kappa shape index (κ1) is 19.8. The molecule has 2 fully saturated rings. The summed E-state index contributed by atoms with van der Waals surface area (Å²) in [4.78, 5) is 34.3. The minimum absolute atomic E-state index is 0.286. The number of anilines is 2. The molecule has 6 nitrogen and oxygen atoms in total. The molecule has 0 spiro atoms. The maximum Gasteiger partial charge on any atom is 0.266 e. The molecule has 2 aliphatic heterocycles. The summed E-state index contributed by atoms with van der Waals surface area (Å²) in [6, 6.07) is 23.7. The number of benzene rings is 3. The Bertz CT molecular complexity index is 1150. The molecule has 0 bridgehead atoms. The number of hydrogen-bond acceptors (Lipinski definition) is 5. The monoisotopic (exact) mass is 478 g/mol. The first-order chi connectivity index (χ1) is 15.1. The van der Waals surface area contributed by atoms with Gasteiger partial charge in [-0.3, -0.25) is 14.4 Å². The molecule has 5 rings (SSSR count). The fourth-order valence-electron chi connectivity index (χ4n) is 4.25. The fourth-order valence-corrected chi connectivity index (χ4v) is 4.66. The van der Waals surface area contributed by atoms with E-state index in [0.29, 0.717) is 11.4 Å². The largest absolute Gasteiger partial charge is 0.497 e. The molecule has 2 heterocycles. The van der Waals surface area contributed by atoms with Crippen molar-refractivity contribution in [3.8, 4) is 5.75 Å². The second-order valence-electron chi connectivity index (χ2n) is 7.43. The molecule has 0 aromatic heterocycles. The Morgan fingerprint density at radius 2 is 1.61 bits per heavy atom. The number of amides is 2. The number of fused-ring (bicyclic) bond motifs is 1. The standard InChI is InChI=1S/C24H19BrN2O4/c1-30-19-12-6-11-18(14-19)26-23(28)20-21(15-7-5-8-16(25)13-15)27(31-22(20)24(26)29)17-9-3-2-4-10-17/h2-14,20-22H,1H3. The van der Waals surface area contributed by atoms with Gasteiger partial charge in [-0.2, -0.15) is 0 Å². The van der Waals surface area contributed by atoms with Gasteiger partial charge in [0.05, 0.1) is 24.5 Å². The minimum atomic E-state index is -0.900. The molecule has 0 radical (unpaired) electrons. The van der Waals surface area contributed by atoms with Gasteiger partial charge in [0.2, 0.25) is 5.91 Å².